The van der Waals surface area contributed by atoms with Gasteiger partial charge in [0.15, 0.2) is 0 Å². The van der Waals surface area contributed by atoms with Gasteiger partial charge in [0.1, 0.15) is 0 Å². The number of nitrogens with zero attached hydrogens (tertiary/aromatic N) is 2. The molecule has 4 heteroatoms. The largest absolute Gasteiger partial charge is 0.481 e. The highest BCUT2D eigenvalue weighted by Crippen LogP contribution is 2.28. The summed E-state index contributed by atoms with van der Waals surface area (Å²) in [6.45, 7) is 4.21. The lowest BCUT2D eigenvalue weighted by Crippen LogP contribution is -2.52. The highest BCUT2D eigenvalue weighted by Gasteiger charge is 2.34. The van der Waals surface area contributed by atoms with Gasteiger partial charge in [0.2, 0.25) is 0 Å². The minimum atomic E-state index is -0.587. The van der Waals surface area contributed by atoms with Gasteiger partial charge in [0.05, 0.1) is 5.92 Å². The van der Waals surface area contributed by atoms with Crippen molar-refractivity contribution in [2.75, 3.05) is 33.2 Å². The molecule has 2 atom stereocenters. The summed E-state index contributed by atoms with van der Waals surface area (Å²) in [4.78, 5) is 16.1. The first kappa shape index (κ1) is 12.8. The second-order valence-corrected chi connectivity index (χ2v) is 5.49. The summed E-state index contributed by atoms with van der Waals surface area (Å²) in [7, 11) is 2.14. The lowest BCUT2D eigenvalue weighted by atomic mass is 9.93. The Balaban J connectivity index is 2.01. The summed E-state index contributed by atoms with van der Waals surface area (Å²) in [6, 6.07) is 0.281. The molecular formula is C13H24N2O2. The normalized spacial score (nSPS) is 33.2. The number of piperazine rings is 1. The van der Waals surface area contributed by atoms with Crippen molar-refractivity contribution < 1.29 is 9.90 Å². The molecule has 2 unspecified atom stereocenters. The number of aliphatic carboxylic acids is 1. The quantitative estimate of drug-likeness (QED) is 0.738. The minimum Gasteiger partial charge on any atom is -0.481 e. The third kappa shape index (κ3) is 3.19. The Morgan fingerprint density at radius 1 is 1.06 bits per heavy atom. The zero-order valence-electron chi connectivity index (χ0n) is 10.8. The second kappa shape index (κ2) is 5.83. The molecule has 0 radical (unpaired) electrons. The van der Waals surface area contributed by atoms with Gasteiger partial charge in [-0.2, -0.15) is 0 Å². The van der Waals surface area contributed by atoms with Gasteiger partial charge in [-0.15, -0.1) is 0 Å². The van der Waals surface area contributed by atoms with Crippen molar-refractivity contribution in [3.05, 3.63) is 0 Å². The summed E-state index contributed by atoms with van der Waals surface area (Å²) < 4.78 is 0. The maximum absolute atomic E-state index is 11.4. The highest BCUT2D eigenvalue weighted by atomic mass is 16.4. The van der Waals surface area contributed by atoms with E-state index in [9.17, 15) is 9.90 Å². The Bertz CT molecular complexity index is 262. The Morgan fingerprint density at radius 2 is 1.71 bits per heavy atom. The zero-order valence-corrected chi connectivity index (χ0v) is 10.8. The van der Waals surface area contributed by atoms with E-state index in [1.807, 2.05) is 0 Å². The van der Waals surface area contributed by atoms with E-state index in [0.29, 0.717) is 0 Å². The number of rotatable bonds is 2. The fourth-order valence-corrected chi connectivity index (χ4v) is 3.17. The molecule has 1 aliphatic carbocycles. The van der Waals surface area contributed by atoms with E-state index in [2.05, 4.69) is 16.8 Å². The SMILES string of the molecule is CN1CCN(C2CCCCCC2C(=O)O)CC1. The van der Waals surface area contributed by atoms with Crippen molar-refractivity contribution in [3.63, 3.8) is 0 Å². The van der Waals surface area contributed by atoms with Crippen molar-refractivity contribution in [1.82, 2.24) is 9.80 Å². The molecule has 98 valence electrons. The van der Waals surface area contributed by atoms with Crippen molar-refractivity contribution in [3.8, 4) is 0 Å². The molecule has 0 spiro atoms. The summed E-state index contributed by atoms with van der Waals surface area (Å²) in [5, 5.41) is 9.38. The molecule has 4 nitrogen and oxygen atoms in total. The van der Waals surface area contributed by atoms with E-state index in [0.717, 1.165) is 45.4 Å². The molecule has 1 saturated carbocycles. The maximum Gasteiger partial charge on any atom is 0.308 e. The lowest BCUT2D eigenvalue weighted by Gasteiger charge is -2.39. The van der Waals surface area contributed by atoms with Gasteiger partial charge in [0.25, 0.3) is 0 Å². The summed E-state index contributed by atoms with van der Waals surface area (Å²) in [5.74, 6) is -0.725. The molecule has 0 bridgehead atoms. The molecule has 0 amide bonds. The van der Waals surface area contributed by atoms with Gasteiger partial charge >= 0.3 is 5.97 Å². The number of hydrogen-bond acceptors (Lipinski definition) is 3. The molecule has 2 fully saturated rings. The van der Waals surface area contributed by atoms with Crippen LogP contribution in [0.15, 0.2) is 0 Å². The predicted octanol–water partition coefficient (Wildman–Crippen LogP) is 1.27. The van der Waals surface area contributed by atoms with E-state index in [1.165, 1.54) is 12.8 Å². The van der Waals surface area contributed by atoms with Gasteiger partial charge in [0, 0.05) is 32.2 Å². The molecule has 2 aliphatic rings. The fraction of sp³-hybridized carbons (Fsp3) is 0.923. The van der Waals surface area contributed by atoms with Crippen LogP contribution in [-0.4, -0.2) is 60.1 Å². The number of carboxylic acids is 1. The lowest BCUT2D eigenvalue weighted by molar-refractivity contribution is -0.144. The topological polar surface area (TPSA) is 43.8 Å². The van der Waals surface area contributed by atoms with Crippen LogP contribution in [0.3, 0.4) is 0 Å². The van der Waals surface area contributed by atoms with Crippen LogP contribution in [0.25, 0.3) is 0 Å². The van der Waals surface area contributed by atoms with Crippen LogP contribution >= 0.6 is 0 Å². The van der Waals surface area contributed by atoms with Gasteiger partial charge in [-0.25, -0.2) is 0 Å². The van der Waals surface area contributed by atoms with Gasteiger partial charge < -0.3 is 10.0 Å². The standard InChI is InChI=1S/C13H24N2O2/c1-14-7-9-15(10-8-14)12-6-4-2-3-5-11(12)13(16)17/h11-12H,2-10H2,1H3,(H,16,17). The van der Waals surface area contributed by atoms with E-state index >= 15 is 0 Å². The average molecular weight is 240 g/mol. The van der Waals surface area contributed by atoms with E-state index in [4.69, 9.17) is 0 Å². The van der Waals surface area contributed by atoms with Crippen molar-refractivity contribution in [2.45, 2.75) is 38.1 Å². The molecule has 0 aromatic heterocycles. The zero-order chi connectivity index (χ0) is 12.3. The van der Waals surface area contributed by atoms with Crippen molar-refractivity contribution in [1.29, 1.82) is 0 Å². The number of hydrogen-bond donors (Lipinski definition) is 1. The molecule has 1 heterocycles. The monoisotopic (exact) mass is 240 g/mol. The predicted molar refractivity (Wildman–Crippen MR) is 67.1 cm³/mol. The van der Waals surface area contributed by atoms with Crippen LogP contribution in [0.2, 0.25) is 0 Å². The third-order valence-electron chi connectivity index (χ3n) is 4.30. The summed E-state index contributed by atoms with van der Waals surface area (Å²) in [6.07, 6.45) is 5.42. The average Bonchev–Trinajstić information content (AvgIpc) is 2.55. The van der Waals surface area contributed by atoms with Crippen LogP contribution in [0.5, 0.6) is 0 Å². The van der Waals surface area contributed by atoms with E-state index in [1.54, 1.807) is 0 Å². The summed E-state index contributed by atoms with van der Waals surface area (Å²) >= 11 is 0. The molecule has 1 saturated heterocycles. The number of carbonyl (C=O) groups is 1. The van der Waals surface area contributed by atoms with Crippen LogP contribution in [0, 0.1) is 5.92 Å². The third-order valence-corrected chi connectivity index (χ3v) is 4.30. The first-order chi connectivity index (χ1) is 8.18. The maximum atomic E-state index is 11.4. The van der Waals surface area contributed by atoms with Crippen LogP contribution in [0.1, 0.15) is 32.1 Å². The molecule has 17 heavy (non-hydrogen) atoms. The number of carboxylic acid groups (broad SMARTS) is 1. The first-order valence-corrected chi connectivity index (χ1v) is 6.84. The number of likely N-dealkylation sites (N-methyl/N-ethyl adjacent to an activating group) is 1. The van der Waals surface area contributed by atoms with Crippen molar-refractivity contribution in [2.24, 2.45) is 5.92 Å². The Hall–Kier alpha value is -0.610. The molecule has 1 aliphatic heterocycles. The van der Waals surface area contributed by atoms with Gasteiger partial charge in [-0.1, -0.05) is 19.3 Å². The molecule has 0 aromatic rings. The van der Waals surface area contributed by atoms with E-state index < -0.39 is 5.97 Å². The first-order valence-electron chi connectivity index (χ1n) is 6.84. The molecule has 0 aromatic carbocycles. The van der Waals surface area contributed by atoms with Crippen LogP contribution in [-0.2, 0) is 4.79 Å². The van der Waals surface area contributed by atoms with Crippen LogP contribution in [0.4, 0.5) is 0 Å². The van der Waals surface area contributed by atoms with Gasteiger partial charge in [-0.05, 0) is 19.9 Å². The molecule has 1 N–H and O–H groups in total. The van der Waals surface area contributed by atoms with Crippen LogP contribution < -0.4 is 0 Å². The van der Waals surface area contributed by atoms with E-state index in [-0.39, 0.29) is 12.0 Å². The second-order valence-electron chi connectivity index (χ2n) is 5.49. The Morgan fingerprint density at radius 3 is 2.35 bits per heavy atom. The van der Waals surface area contributed by atoms with Crippen molar-refractivity contribution >= 4 is 5.97 Å². The Labute approximate surface area is 104 Å². The fourth-order valence-electron chi connectivity index (χ4n) is 3.17. The highest BCUT2D eigenvalue weighted by molar-refractivity contribution is 5.70. The smallest absolute Gasteiger partial charge is 0.308 e. The summed E-state index contributed by atoms with van der Waals surface area (Å²) in [5.41, 5.74) is 0. The minimum absolute atomic E-state index is 0.138. The Kier molecular flexibility index (Phi) is 4.40. The molecule has 2 rings (SSSR count). The van der Waals surface area contributed by atoms with Gasteiger partial charge in [-0.3, -0.25) is 9.69 Å². The molecular weight excluding hydrogens is 216 g/mol.